The molecule has 0 aliphatic carbocycles. The minimum Gasteiger partial charge on any atom is -0.354 e. The molecule has 9 amide bonds. The van der Waals surface area contributed by atoms with Gasteiger partial charge in [-0.25, -0.2) is 0 Å². The van der Waals surface area contributed by atoms with Crippen LogP contribution in [0.3, 0.4) is 0 Å². The molecule has 2 unspecified atom stereocenters. The van der Waals surface area contributed by atoms with Crippen LogP contribution in [0.25, 0.3) is 0 Å². The summed E-state index contributed by atoms with van der Waals surface area (Å²) < 4.78 is 0. The van der Waals surface area contributed by atoms with Crippen LogP contribution < -0.4 is 42.5 Å². The van der Waals surface area contributed by atoms with Crippen LogP contribution in [0.15, 0.2) is 0 Å². The maximum Gasteiger partial charge on any atom is 0.246 e. The van der Waals surface area contributed by atoms with Gasteiger partial charge in [0.05, 0.1) is 13.1 Å². The summed E-state index contributed by atoms with van der Waals surface area (Å²) in [6, 6.07) is -2.71. The molecule has 1 aliphatic rings. The van der Waals surface area contributed by atoms with Crippen LogP contribution in [0.2, 0.25) is 0 Å². The molecule has 65 heavy (non-hydrogen) atoms. The van der Waals surface area contributed by atoms with Crippen molar-refractivity contribution in [1.29, 1.82) is 0 Å². The molecule has 1 saturated heterocycles. The van der Waals surface area contributed by atoms with Gasteiger partial charge in [-0.2, -0.15) is 0 Å². The minimum atomic E-state index is -1.55. The highest BCUT2D eigenvalue weighted by Crippen LogP contribution is 2.20. The Balaban J connectivity index is 2.87. The van der Waals surface area contributed by atoms with Gasteiger partial charge in [-0.3, -0.25) is 43.2 Å². The van der Waals surface area contributed by atoms with Crippen molar-refractivity contribution in [1.82, 2.24) is 47.4 Å². The molecule has 1 heterocycles. The molecule has 19 nitrogen and oxygen atoms in total. The number of nitrogens with zero attached hydrogens (tertiary/aromatic N) is 1. The van der Waals surface area contributed by atoms with E-state index < -0.39 is 95.1 Å². The Hall–Kier alpha value is -5.10. The molecule has 0 aromatic heterocycles. The maximum atomic E-state index is 13.5. The lowest BCUT2D eigenvalue weighted by molar-refractivity contribution is -0.139. The molecule has 3 atom stereocenters. The van der Waals surface area contributed by atoms with Crippen molar-refractivity contribution in [3.8, 4) is 0 Å². The number of nitrogens with one attached hydrogen (secondary N) is 8. The van der Waals surface area contributed by atoms with Crippen molar-refractivity contribution in [3.05, 3.63) is 0 Å². The first-order chi connectivity index (χ1) is 30.4. The second kappa shape index (κ2) is 28.7. The van der Waals surface area contributed by atoms with E-state index in [0.717, 1.165) is 51.4 Å². The lowest BCUT2D eigenvalue weighted by Gasteiger charge is -2.33. The van der Waals surface area contributed by atoms with E-state index >= 15 is 0 Å². The van der Waals surface area contributed by atoms with E-state index in [2.05, 4.69) is 56.4 Å². The minimum absolute atomic E-state index is 0.0719. The van der Waals surface area contributed by atoms with Gasteiger partial charge in [0, 0.05) is 25.9 Å². The summed E-state index contributed by atoms with van der Waals surface area (Å²) in [5, 5.41) is 20.8. The van der Waals surface area contributed by atoms with Crippen LogP contribution >= 0.6 is 0 Å². The van der Waals surface area contributed by atoms with Gasteiger partial charge < -0.3 is 52.2 Å². The fraction of sp³-hybridized carbons (Fsp3) is 0.783. The topological polar surface area (TPSA) is 270 Å². The number of carbonyl (C=O) groups is 10. The molecule has 0 saturated carbocycles. The van der Waals surface area contributed by atoms with Gasteiger partial charge in [-0.15, -0.1) is 0 Å². The molecular formula is C46H81N9O10. The summed E-state index contributed by atoms with van der Waals surface area (Å²) in [4.78, 5) is 131. The largest absolute Gasteiger partial charge is 0.354 e. The highest BCUT2D eigenvalue weighted by molar-refractivity contribution is 5.99. The lowest BCUT2D eigenvalue weighted by atomic mass is 9.97. The highest BCUT2D eigenvalue weighted by atomic mass is 16.2. The molecule has 8 N–H and O–H groups in total. The molecule has 0 radical (unpaired) electrons. The number of rotatable bonds is 31. The molecular weight excluding hydrogens is 839 g/mol. The zero-order valence-electron chi connectivity index (χ0n) is 40.9. The van der Waals surface area contributed by atoms with E-state index in [9.17, 15) is 47.9 Å². The van der Waals surface area contributed by atoms with Gasteiger partial charge in [0.15, 0.2) is 0 Å². The van der Waals surface area contributed by atoms with E-state index in [4.69, 9.17) is 0 Å². The summed E-state index contributed by atoms with van der Waals surface area (Å²) in [6.45, 7) is 16.0. The number of aldehydes is 1. The zero-order chi connectivity index (χ0) is 49.4. The predicted octanol–water partition coefficient (Wildman–Crippen LogP) is 1.95. The Morgan fingerprint density at radius 1 is 0.631 bits per heavy atom. The quantitative estimate of drug-likeness (QED) is 0.0370. The first-order valence-corrected chi connectivity index (χ1v) is 23.5. The zero-order valence-corrected chi connectivity index (χ0v) is 40.9. The highest BCUT2D eigenvalue weighted by Gasteiger charge is 2.39. The van der Waals surface area contributed by atoms with Crippen molar-refractivity contribution in [2.75, 3.05) is 26.2 Å². The summed E-state index contributed by atoms with van der Waals surface area (Å²) in [6.07, 6.45) is 11.3. The van der Waals surface area contributed by atoms with Crippen LogP contribution in [-0.2, 0) is 47.9 Å². The number of amides is 9. The fourth-order valence-electron chi connectivity index (χ4n) is 7.16. The summed E-state index contributed by atoms with van der Waals surface area (Å²) in [5.41, 5.74) is -4.45. The van der Waals surface area contributed by atoms with Crippen molar-refractivity contribution in [2.45, 2.75) is 200 Å². The Morgan fingerprint density at radius 3 is 1.83 bits per heavy atom. The van der Waals surface area contributed by atoms with Crippen molar-refractivity contribution in [3.63, 3.8) is 0 Å². The smallest absolute Gasteiger partial charge is 0.246 e. The van der Waals surface area contributed by atoms with E-state index in [-0.39, 0.29) is 31.2 Å². The standard InChI is InChI=1S/C46H81N9O10/c1-11-13-15-16-17-19-22-32(51-40(62)34-23-20-26-55(34)37(59)24-18-14-12-2)38(60)48-30-36(58)52-44(5,6)42(64)49-29-35(57)50-33(28-31(3)4)39(61)53-46(9,10)43(65)54-45(7,8)41(63)47-25-21-27-56/h27,31-34H,11-26,28-30H2,1-10H3,(H,47,63)(H,48,60)(H,49,64)(H,50,57)(H,51,62)(H,52,58)(H,53,61)(H,54,65)/t32?,33-,34?/m0/s1. The van der Waals surface area contributed by atoms with E-state index in [1.165, 1.54) is 41.5 Å². The van der Waals surface area contributed by atoms with Gasteiger partial charge in [0.2, 0.25) is 53.2 Å². The Bertz CT molecular complexity index is 1630. The molecule has 0 spiro atoms. The van der Waals surface area contributed by atoms with Crippen LogP contribution in [0.1, 0.15) is 166 Å². The van der Waals surface area contributed by atoms with Crippen LogP contribution in [0, 0.1) is 5.92 Å². The lowest BCUT2D eigenvalue weighted by Crippen LogP contribution is -2.64. The SMILES string of the molecule is CCCCCCCCC(NC(=O)C1CCCN1C(=O)CCCCC)C(=O)NCC(=O)NC(C)(C)C(=O)NCC(=O)N[C@@H](CC(C)C)C(=O)NC(C)(C)C(=O)NC(C)(C)C(=O)NCCC=O. The number of hydrogen-bond donors (Lipinski definition) is 8. The Labute approximate surface area is 386 Å². The molecule has 0 bridgehead atoms. The molecule has 1 fully saturated rings. The van der Waals surface area contributed by atoms with Crippen LogP contribution in [-0.4, -0.2) is 125 Å². The average Bonchev–Trinajstić information content (AvgIpc) is 3.72. The third kappa shape index (κ3) is 21.6. The summed E-state index contributed by atoms with van der Waals surface area (Å²) >= 11 is 0. The normalized spacial score (nSPS) is 14.9. The van der Waals surface area contributed by atoms with Crippen LogP contribution in [0.5, 0.6) is 0 Å². The van der Waals surface area contributed by atoms with Gasteiger partial charge in [-0.1, -0.05) is 79.1 Å². The molecule has 370 valence electrons. The van der Waals surface area contributed by atoms with E-state index in [1.807, 2.05) is 13.8 Å². The fourth-order valence-corrected chi connectivity index (χ4v) is 7.16. The van der Waals surface area contributed by atoms with E-state index in [1.54, 1.807) is 4.90 Å². The van der Waals surface area contributed by atoms with Gasteiger partial charge in [-0.05, 0) is 79.6 Å². The molecule has 19 heteroatoms. The Morgan fingerprint density at radius 2 is 1.20 bits per heavy atom. The second-order valence-corrected chi connectivity index (χ2v) is 19.0. The molecule has 1 rings (SSSR count). The number of hydrogen-bond acceptors (Lipinski definition) is 10. The molecule has 0 aromatic rings. The Kier molecular flexibility index (Phi) is 25.6. The van der Waals surface area contributed by atoms with Crippen LogP contribution in [0.4, 0.5) is 0 Å². The second-order valence-electron chi connectivity index (χ2n) is 19.0. The monoisotopic (exact) mass is 920 g/mol. The molecule has 0 aromatic carbocycles. The first-order valence-electron chi connectivity index (χ1n) is 23.5. The van der Waals surface area contributed by atoms with Gasteiger partial charge >= 0.3 is 0 Å². The predicted molar refractivity (Wildman–Crippen MR) is 247 cm³/mol. The van der Waals surface area contributed by atoms with Crippen molar-refractivity contribution in [2.24, 2.45) is 5.92 Å². The number of carbonyl (C=O) groups excluding carboxylic acids is 10. The van der Waals surface area contributed by atoms with Crippen molar-refractivity contribution < 1.29 is 47.9 Å². The number of likely N-dealkylation sites (tertiary alicyclic amines) is 1. The summed E-state index contributed by atoms with van der Waals surface area (Å²) in [5.74, 6) is -5.14. The number of unbranched alkanes of at least 4 members (excludes halogenated alkanes) is 7. The third-order valence-electron chi connectivity index (χ3n) is 11.1. The van der Waals surface area contributed by atoms with Gasteiger partial charge in [0.1, 0.15) is 41.0 Å². The van der Waals surface area contributed by atoms with Crippen molar-refractivity contribution >= 4 is 59.5 Å². The average molecular weight is 920 g/mol. The molecule has 1 aliphatic heterocycles. The maximum absolute atomic E-state index is 13.5. The third-order valence-corrected chi connectivity index (χ3v) is 11.1. The van der Waals surface area contributed by atoms with E-state index in [0.29, 0.717) is 44.9 Å². The first kappa shape index (κ1) is 57.9. The van der Waals surface area contributed by atoms with Gasteiger partial charge in [0.25, 0.3) is 0 Å². The summed E-state index contributed by atoms with van der Waals surface area (Å²) in [7, 11) is 0.